The van der Waals surface area contributed by atoms with Crippen molar-refractivity contribution in [2.45, 2.75) is 19.4 Å². The van der Waals surface area contributed by atoms with E-state index in [4.69, 9.17) is 4.74 Å². The van der Waals surface area contributed by atoms with Crippen molar-refractivity contribution in [2.24, 2.45) is 0 Å². The molecule has 0 rings (SSSR count). The summed E-state index contributed by atoms with van der Waals surface area (Å²) in [7, 11) is 5.43. The van der Waals surface area contributed by atoms with Gasteiger partial charge in [-0.15, -0.1) is 0 Å². The zero-order valence-electron chi connectivity index (χ0n) is 10.8. The minimum atomic E-state index is -0.187. The van der Waals surface area contributed by atoms with Gasteiger partial charge in [0.1, 0.15) is 0 Å². The van der Waals surface area contributed by atoms with Crippen LogP contribution in [0.25, 0.3) is 0 Å². The van der Waals surface area contributed by atoms with Crippen molar-refractivity contribution in [3.8, 4) is 0 Å². The van der Waals surface area contributed by atoms with Gasteiger partial charge in [0.2, 0.25) is 0 Å². The van der Waals surface area contributed by atoms with Crippen LogP contribution >= 0.6 is 0 Å². The molecule has 0 bridgehead atoms. The van der Waals surface area contributed by atoms with Crippen molar-refractivity contribution in [1.29, 1.82) is 0 Å². The first-order chi connectivity index (χ1) is 7.56. The van der Waals surface area contributed by atoms with Gasteiger partial charge in [0, 0.05) is 19.1 Å². The summed E-state index contributed by atoms with van der Waals surface area (Å²) in [6.07, 6.45) is 0.397. The summed E-state index contributed by atoms with van der Waals surface area (Å²) in [6.45, 7) is 5.04. The molecule has 0 amide bonds. The number of hydrogen-bond donors (Lipinski definition) is 1. The molecule has 96 valence electrons. The van der Waals surface area contributed by atoms with E-state index in [9.17, 15) is 4.79 Å². The molecule has 1 N–H and O–H groups in total. The number of ether oxygens (including phenoxy) is 2. The third-order valence-electron chi connectivity index (χ3n) is 2.12. The largest absolute Gasteiger partial charge is 0.469 e. The molecule has 5 nitrogen and oxygen atoms in total. The second kappa shape index (κ2) is 9.57. The van der Waals surface area contributed by atoms with E-state index in [2.05, 4.69) is 15.0 Å². The van der Waals surface area contributed by atoms with Crippen LogP contribution in [-0.4, -0.2) is 64.4 Å². The number of carbonyl (C=O) groups is 1. The van der Waals surface area contributed by atoms with Crippen molar-refractivity contribution in [3.05, 3.63) is 0 Å². The molecule has 0 spiro atoms. The van der Waals surface area contributed by atoms with Gasteiger partial charge in [0.15, 0.2) is 0 Å². The second-order valence-corrected chi connectivity index (χ2v) is 4.05. The number of nitrogens with zero attached hydrogens (tertiary/aromatic N) is 1. The van der Waals surface area contributed by atoms with Gasteiger partial charge in [-0.3, -0.25) is 4.79 Å². The van der Waals surface area contributed by atoms with E-state index in [-0.39, 0.29) is 12.0 Å². The number of esters is 1. The minimum Gasteiger partial charge on any atom is -0.469 e. The molecule has 1 unspecified atom stereocenters. The van der Waals surface area contributed by atoms with E-state index in [0.717, 1.165) is 19.7 Å². The Balaban J connectivity index is 3.27. The highest BCUT2D eigenvalue weighted by molar-refractivity contribution is 5.69. The van der Waals surface area contributed by atoms with Crippen LogP contribution < -0.4 is 5.32 Å². The summed E-state index contributed by atoms with van der Waals surface area (Å²) in [5.41, 5.74) is 0. The van der Waals surface area contributed by atoms with Crippen molar-refractivity contribution in [1.82, 2.24) is 10.2 Å². The highest BCUT2D eigenvalue weighted by atomic mass is 16.5. The lowest BCUT2D eigenvalue weighted by Crippen LogP contribution is -2.32. The highest BCUT2D eigenvalue weighted by Gasteiger charge is 2.07. The molecule has 0 aromatic rings. The van der Waals surface area contributed by atoms with Crippen molar-refractivity contribution >= 4 is 5.97 Å². The first-order valence-corrected chi connectivity index (χ1v) is 5.59. The van der Waals surface area contributed by atoms with Gasteiger partial charge in [-0.25, -0.2) is 0 Å². The van der Waals surface area contributed by atoms with Crippen molar-refractivity contribution in [2.75, 3.05) is 47.5 Å². The van der Waals surface area contributed by atoms with Crippen LogP contribution in [0.4, 0.5) is 0 Å². The maximum Gasteiger partial charge on any atom is 0.307 e. The van der Waals surface area contributed by atoms with Crippen molar-refractivity contribution in [3.63, 3.8) is 0 Å². The Hall–Kier alpha value is -0.650. The van der Waals surface area contributed by atoms with Crippen LogP contribution in [0.5, 0.6) is 0 Å². The van der Waals surface area contributed by atoms with Gasteiger partial charge >= 0.3 is 5.97 Å². The van der Waals surface area contributed by atoms with Crippen LogP contribution in [0.3, 0.4) is 0 Å². The third kappa shape index (κ3) is 9.89. The Morgan fingerprint density at radius 3 is 2.62 bits per heavy atom. The SMILES string of the molecule is COC(=O)CC(C)NCCOCCN(C)C. The average molecular weight is 232 g/mol. The summed E-state index contributed by atoms with van der Waals surface area (Å²) in [6, 6.07) is 0.130. The van der Waals surface area contributed by atoms with Crippen LogP contribution in [0.2, 0.25) is 0 Å². The number of nitrogens with one attached hydrogen (secondary N) is 1. The Labute approximate surface area is 98.1 Å². The summed E-state index contributed by atoms with van der Waals surface area (Å²) < 4.78 is 9.98. The summed E-state index contributed by atoms with van der Waals surface area (Å²) in [4.78, 5) is 13.0. The first kappa shape index (κ1) is 15.3. The molecule has 0 aliphatic carbocycles. The molecule has 0 fully saturated rings. The van der Waals surface area contributed by atoms with Gasteiger partial charge in [0.05, 0.1) is 26.7 Å². The van der Waals surface area contributed by atoms with Gasteiger partial charge in [-0.1, -0.05) is 0 Å². The quantitative estimate of drug-likeness (QED) is 0.451. The Morgan fingerprint density at radius 1 is 1.38 bits per heavy atom. The molecule has 1 atom stereocenters. The number of likely N-dealkylation sites (N-methyl/N-ethyl adjacent to an activating group) is 1. The summed E-state index contributed by atoms with van der Waals surface area (Å²) >= 11 is 0. The fourth-order valence-electron chi connectivity index (χ4n) is 1.13. The lowest BCUT2D eigenvalue weighted by molar-refractivity contribution is -0.141. The zero-order valence-corrected chi connectivity index (χ0v) is 10.8. The van der Waals surface area contributed by atoms with Crippen LogP contribution in [0.15, 0.2) is 0 Å². The lowest BCUT2D eigenvalue weighted by Gasteiger charge is -2.13. The second-order valence-electron chi connectivity index (χ2n) is 4.05. The monoisotopic (exact) mass is 232 g/mol. The molecule has 0 radical (unpaired) electrons. The van der Waals surface area contributed by atoms with Crippen LogP contribution in [0.1, 0.15) is 13.3 Å². The van der Waals surface area contributed by atoms with Gasteiger partial charge in [0.25, 0.3) is 0 Å². The fourth-order valence-corrected chi connectivity index (χ4v) is 1.13. The van der Waals surface area contributed by atoms with E-state index >= 15 is 0 Å². The van der Waals surface area contributed by atoms with E-state index < -0.39 is 0 Å². The molecule has 0 heterocycles. The predicted molar refractivity (Wildman–Crippen MR) is 63.5 cm³/mol. The average Bonchev–Trinajstić information content (AvgIpc) is 2.22. The molecule has 16 heavy (non-hydrogen) atoms. The Morgan fingerprint density at radius 2 is 2.06 bits per heavy atom. The first-order valence-electron chi connectivity index (χ1n) is 5.59. The highest BCUT2D eigenvalue weighted by Crippen LogP contribution is 1.92. The molecule has 0 aliphatic heterocycles. The van der Waals surface area contributed by atoms with Crippen molar-refractivity contribution < 1.29 is 14.3 Å². The molecular formula is C11H24N2O3. The molecule has 0 aromatic heterocycles. The number of methoxy groups -OCH3 is 1. The Bertz CT molecular complexity index is 186. The molecule has 0 saturated carbocycles. The molecule has 5 heteroatoms. The minimum absolute atomic E-state index is 0.130. The van der Waals surface area contributed by atoms with Gasteiger partial charge < -0.3 is 19.7 Å². The summed E-state index contributed by atoms with van der Waals surface area (Å²) in [5, 5.41) is 3.20. The maximum atomic E-state index is 10.9. The number of hydrogen-bond acceptors (Lipinski definition) is 5. The van der Waals surface area contributed by atoms with Gasteiger partial charge in [-0.05, 0) is 21.0 Å². The van der Waals surface area contributed by atoms with Crippen LogP contribution in [0, 0.1) is 0 Å². The number of rotatable bonds is 9. The summed E-state index contributed by atoms with van der Waals surface area (Å²) in [5.74, 6) is -0.187. The van der Waals surface area contributed by atoms with E-state index in [0.29, 0.717) is 13.0 Å². The van der Waals surface area contributed by atoms with Crippen LogP contribution in [-0.2, 0) is 14.3 Å². The standard InChI is InChI=1S/C11H24N2O3/c1-10(9-11(14)15-4)12-5-7-16-8-6-13(2)3/h10,12H,5-9H2,1-4H3. The van der Waals surface area contributed by atoms with Gasteiger partial charge in [-0.2, -0.15) is 0 Å². The molecular weight excluding hydrogens is 208 g/mol. The van der Waals surface area contributed by atoms with E-state index in [1.54, 1.807) is 0 Å². The zero-order chi connectivity index (χ0) is 12.4. The lowest BCUT2D eigenvalue weighted by atomic mass is 10.2. The van der Waals surface area contributed by atoms with E-state index in [1.807, 2.05) is 21.0 Å². The topological polar surface area (TPSA) is 50.8 Å². The number of carbonyl (C=O) groups excluding carboxylic acids is 1. The predicted octanol–water partition coefficient (Wildman–Crippen LogP) is 0.106. The van der Waals surface area contributed by atoms with E-state index in [1.165, 1.54) is 7.11 Å². The molecule has 0 saturated heterocycles. The third-order valence-corrected chi connectivity index (χ3v) is 2.12. The maximum absolute atomic E-state index is 10.9. The Kier molecular flexibility index (Phi) is 9.18. The molecule has 0 aliphatic rings. The fraction of sp³-hybridized carbons (Fsp3) is 0.909. The smallest absolute Gasteiger partial charge is 0.307 e. The molecule has 0 aromatic carbocycles. The normalized spacial score (nSPS) is 12.8.